The third-order valence-corrected chi connectivity index (χ3v) is 2.66. The number of rotatable bonds is 7. The first-order valence-corrected chi connectivity index (χ1v) is 6.01. The van der Waals surface area contributed by atoms with Gasteiger partial charge in [-0.15, -0.1) is 0 Å². The summed E-state index contributed by atoms with van der Waals surface area (Å²) in [6.07, 6.45) is -0.411. The molecule has 0 spiro atoms. The van der Waals surface area contributed by atoms with Crippen LogP contribution in [0.3, 0.4) is 0 Å². The van der Waals surface area contributed by atoms with Crippen LogP contribution >= 0.6 is 0 Å². The smallest absolute Gasteiger partial charge is 0.339 e. The monoisotopic (exact) mass is 252 g/mol. The molecule has 0 aromatic rings. The molecule has 0 bridgehead atoms. The Labute approximate surface area is 99.4 Å². The average Bonchev–Trinajstić information content (AvgIpc) is 3.00. The van der Waals surface area contributed by atoms with Crippen LogP contribution in [0, 0.1) is 0 Å². The van der Waals surface area contributed by atoms with Crippen LogP contribution in [0.15, 0.2) is 0 Å². The van der Waals surface area contributed by atoms with Gasteiger partial charge in [0.25, 0.3) is 0 Å². The zero-order valence-corrected chi connectivity index (χ0v) is 10.0. The van der Waals surface area contributed by atoms with Crippen molar-refractivity contribution in [2.45, 2.75) is 44.8 Å². The van der Waals surface area contributed by atoms with Gasteiger partial charge < -0.3 is 10.2 Å². The van der Waals surface area contributed by atoms with Crippen LogP contribution in [-0.4, -0.2) is 42.7 Å². The maximum Gasteiger partial charge on any atom is 0.401 e. The molecule has 1 N–H and O–H groups in total. The zero-order valence-electron chi connectivity index (χ0n) is 10.0. The molecule has 3 nitrogen and oxygen atoms in total. The largest absolute Gasteiger partial charge is 0.401 e. The summed E-state index contributed by atoms with van der Waals surface area (Å²) in [6.45, 7) is 1.36. The number of carbonyl (C=O) groups excluding carboxylic acids is 1. The van der Waals surface area contributed by atoms with Crippen LogP contribution in [0.2, 0.25) is 0 Å². The third kappa shape index (κ3) is 5.91. The molecule has 6 heteroatoms. The normalized spacial score (nSPS) is 16.0. The van der Waals surface area contributed by atoms with E-state index in [9.17, 15) is 18.0 Å². The fourth-order valence-corrected chi connectivity index (χ4v) is 1.64. The van der Waals surface area contributed by atoms with Crippen molar-refractivity contribution >= 4 is 5.91 Å². The Balaban J connectivity index is 2.27. The van der Waals surface area contributed by atoms with Gasteiger partial charge in [-0.3, -0.25) is 4.79 Å². The first-order chi connectivity index (χ1) is 7.94. The number of nitrogens with zero attached hydrogens (tertiary/aromatic N) is 1. The van der Waals surface area contributed by atoms with E-state index in [1.54, 1.807) is 4.90 Å². The standard InChI is InChI=1S/C11H19F3N2O/c1-2-3-6-16(9-4-5-9)10(17)7-15-8-11(12,13)14/h9,15H,2-8H2,1H3. The molecule has 0 heterocycles. The highest BCUT2D eigenvalue weighted by Crippen LogP contribution is 2.27. The average molecular weight is 252 g/mol. The van der Waals surface area contributed by atoms with Crippen LogP contribution in [0.5, 0.6) is 0 Å². The topological polar surface area (TPSA) is 32.3 Å². The number of alkyl halides is 3. The molecule has 0 atom stereocenters. The molecule has 1 aliphatic carbocycles. The highest BCUT2D eigenvalue weighted by atomic mass is 19.4. The SMILES string of the molecule is CCCCN(C(=O)CNCC(F)(F)F)C1CC1. The van der Waals surface area contributed by atoms with Gasteiger partial charge >= 0.3 is 6.18 Å². The second-order valence-electron chi connectivity index (χ2n) is 4.39. The Morgan fingerprint density at radius 2 is 2.06 bits per heavy atom. The number of amides is 1. The van der Waals surface area contributed by atoms with Gasteiger partial charge in [-0.05, 0) is 19.3 Å². The van der Waals surface area contributed by atoms with Crippen LogP contribution in [0.1, 0.15) is 32.6 Å². The lowest BCUT2D eigenvalue weighted by atomic mass is 10.3. The van der Waals surface area contributed by atoms with E-state index in [0.717, 1.165) is 25.7 Å². The van der Waals surface area contributed by atoms with E-state index in [-0.39, 0.29) is 18.5 Å². The number of carbonyl (C=O) groups is 1. The van der Waals surface area contributed by atoms with Crippen molar-refractivity contribution in [3.8, 4) is 0 Å². The van der Waals surface area contributed by atoms with Gasteiger partial charge in [-0.25, -0.2) is 0 Å². The second-order valence-corrected chi connectivity index (χ2v) is 4.39. The van der Waals surface area contributed by atoms with E-state index in [4.69, 9.17) is 0 Å². The van der Waals surface area contributed by atoms with Gasteiger partial charge in [-0.1, -0.05) is 13.3 Å². The van der Waals surface area contributed by atoms with Gasteiger partial charge in [0, 0.05) is 12.6 Å². The first-order valence-electron chi connectivity index (χ1n) is 6.01. The van der Waals surface area contributed by atoms with E-state index in [1.807, 2.05) is 6.92 Å². The van der Waals surface area contributed by atoms with E-state index in [0.29, 0.717) is 6.54 Å². The summed E-state index contributed by atoms with van der Waals surface area (Å²) in [4.78, 5) is 13.4. The molecule has 0 aliphatic heterocycles. The van der Waals surface area contributed by atoms with Gasteiger partial charge in [-0.2, -0.15) is 13.2 Å². The van der Waals surface area contributed by atoms with Crippen molar-refractivity contribution < 1.29 is 18.0 Å². The van der Waals surface area contributed by atoms with Crippen molar-refractivity contribution in [1.82, 2.24) is 10.2 Å². The summed E-state index contributed by atoms with van der Waals surface area (Å²) >= 11 is 0. The van der Waals surface area contributed by atoms with E-state index in [2.05, 4.69) is 5.32 Å². The van der Waals surface area contributed by atoms with Crippen molar-refractivity contribution in [2.24, 2.45) is 0 Å². The summed E-state index contributed by atoms with van der Waals surface area (Å²) in [6, 6.07) is 0.265. The quantitative estimate of drug-likeness (QED) is 0.751. The summed E-state index contributed by atoms with van der Waals surface area (Å²) in [7, 11) is 0. The van der Waals surface area contributed by atoms with Crippen LogP contribution in [0.4, 0.5) is 13.2 Å². The van der Waals surface area contributed by atoms with E-state index in [1.165, 1.54) is 0 Å². The van der Waals surface area contributed by atoms with Gasteiger partial charge in [0.05, 0.1) is 13.1 Å². The Hall–Kier alpha value is -0.780. The first kappa shape index (κ1) is 14.3. The molecule has 1 saturated carbocycles. The fourth-order valence-electron chi connectivity index (χ4n) is 1.64. The molecule has 1 amide bonds. The van der Waals surface area contributed by atoms with Crippen molar-refractivity contribution in [2.75, 3.05) is 19.6 Å². The van der Waals surface area contributed by atoms with Crippen molar-refractivity contribution in [3.05, 3.63) is 0 Å². The van der Waals surface area contributed by atoms with E-state index >= 15 is 0 Å². The van der Waals surface area contributed by atoms with Crippen molar-refractivity contribution in [1.29, 1.82) is 0 Å². The predicted octanol–water partition coefficient (Wildman–Crippen LogP) is 1.93. The molecule has 0 unspecified atom stereocenters. The number of nitrogens with one attached hydrogen (secondary N) is 1. The third-order valence-electron chi connectivity index (χ3n) is 2.66. The molecular weight excluding hydrogens is 233 g/mol. The molecule has 17 heavy (non-hydrogen) atoms. The number of halogens is 3. The highest BCUT2D eigenvalue weighted by Gasteiger charge is 2.32. The number of hydrogen-bond donors (Lipinski definition) is 1. The molecule has 1 aliphatic rings. The lowest BCUT2D eigenvalue weighted by molar-refractivity contribution is -0.134. The van der Waals surface area contributed by atoms with Crippen LogP contribution in [0.25, 0.3) is 0 Å². The van der Waals surface area contributed by atoms with Crippen molar-refractivity contribution in [3.63, 3.8) is 0 Å². The molecule has 0 aromatic heterocycles. The van der Waals surface area contributed by atoms with Gasteiger partial charge in [0.15, 0.2) is 0 Å². The van der Waals surface area contributed by atoms with Gasteiger partial charge in [0.1, 0.15) is 0 Å². The van der Waals surface area contributed by atoms with Gasteiger partial charge in [0.2, 0.25) is 5.91 Å². The minimum Gasteiger partial charge on any atom is -0.339 e. The number of unbranched alkanes of at least 4 members (excludes halogenated alkanes) is 1. The minimum atomic E-state index is -4.26. The Morgan fingerprint density at radius 3 is 2.53 bits per heavy atom. The highest BCUT2D eigenvalue weighted by molar-refractivity contribution is 5.78. The summed E-state index contributed by atoms with van der Waals surface area (Å²) in [5.74, 6) is -0.217. The van der Waals surface area contributed by atoms with Crippen LogP contribution in [-0.2, 0) is 4.79 Å². The molecule has 100 valence electrons. The zero-order chi connectivity index (χ0) is 12.9. The Kier molecular flexibility index (Phi) is 5.24. The molecular formula is C11H19F3N2O. The Morgan fingerprint density at radius 1 is 1.41 bits per heavy atom. The minimum absolute atomic E-state index is 0.217. The molecule has 1 rings (SSSR count). The lowest BCUT2D eigenvalue weighted by Crippen LogP contribution is -2.42. The maximum atomic E-state index is 11.9. The van der Waals surface area contributed by atoms with E-state index < -0.39 is 12.7 Å². The Bertz CT molecular complexity index is 252. The van der Waals surface area contributed by atoms with Crippen LogP contribution < -0.4 is 5.32 Å². The number of hydrogen-bond acceptors (Lipinski definition) is 2. The summed E-state index contributed by atoms with van der Waals surface area (Å²) in [5.41, 5.74) is 0. The molecule has 0 saturated heterocycles. The summed E-state index contributed by atoms with van der Waals surface area (Å²) < 4.78 is 35.7. The predicted molar refractivity (Wildman–Crippen MR) is 58.6 cm³/mol. The second kappa shape index (κ2) is 6.23. The molecule has 0 aromatic carbocycles. The lowest BCUT2D eigenvalue weighted by Gasteiger charge is -2.22. The molecule has 1 fully saturated rings. The fraction of sp³-hybridized carbons (Fsp3) is 0.909. The summed E-state index contributed by atoms with van der Waals surface area (Å²) in [5, 5.41) is 2.15. The maximum absolute atomic E-state index is 11.9. The molecule has 0 radical (unpaired) electrons.